The van der Waals surface area contributed by atoms with Gasteiger partial charge in [0.2, 0.25) is 0 Å². The molecule has 0 aliphatic carbocycles. The summed E-state index contributed by atoms with van der Waals surface area (Å²) in [6.07, 6.45) is 2.43. The third kappa shape index (κ3) is 9.65. The van der Waals surface area contributed by atoms with Gasteiger partial charge in [0.1, 0.15) is 10.8 Å². The van der Waals surface area contributed by atoms with Gasteiger partial charge in [0.05, 0.1) is 19.0 Å². The summed E-state index contributed by atoms with van der Waals surface area (Å²) in [7, 11) is 8.31. The Hall–Kier alpha value is 0.234. The van der Waals surface area contributed by atoms with E-state index in [1.54, 1.807) is 28.4 Å². The van der Waals surface area contributed by atoms with Crippen molar-refractivity contribution in [1.82, 2.24) is 4.90 Å². The van der Waals surface area contributed by atoms with Crippen LogP contribution in [0.4, 0.5) is 0 Å². The third-order valence-electron chi connectivity index (χ3n) is 5.17. The fourth-order valence-corrected chi connectivity index (χ4v) is 6.94. The van der Waals surface area contributed by atoms with E-state index in [0.29, 0.717) is 11.1 Å². The molecule has 2 atom stereocenters. The maximum atomic E-state index is 5.52. The van der Waals surface area contributed by atoms with E-state index < -0.39 is 19.0 Å². The Kier molecular flexibility index (Phi) is 11.9. The summed E-state index contributed by atoms with van der Waals surface area (Å²) in [5.41, 5.74) is 0.745. The quantitative estimate of drug-likeness (QED) is 0.339. The van der Waals surface area contributed by atoms with Crippen LogP contribution in [-0.2, 0) is 18.9 Å². The highest BCUT2D eigenvalue weighted by molar-refractivity contribution is 6.41. The van der Waals surface area contributed by atoms with Gasteiger partial charge in [-0.25, -0.2) is 0 Å². The first-order valence-electron chi connectivity index (χ1n) is 9.02. The van der Waals surface area contributed by atoms with Gasteiger partial charge in [-0.1, -0.05) is 13.8 Å². The molecule has 0 aromatic rings. The van der Waals surface area contributed by atoms with Gasteiger partial charge in [0, 0.05) is 28.4 Å². The van der Waals surface area contributed by atoms with E-state index in [2.05, 4.69) is 39.6 Å². The molecule has 0 fully saturated rings. The predicted molar refractivity (Wildman–Crippen MR) is 108 cm³/mol. The molecular weight excluding hydrogens is 338 g/mol. The van der Waals surface area contributed by atoms with Crippen LogP contribution in [0.15, 0.2) is 0 Å². The van der Waals surface area contributed by atoms with Gasteiger partial charge in [-0.15, -0.1) is 0 Å². The number of hydrogen-bond donors (Lipinski definition) is 0. The molecule has 0 amide bonds. The van der Waals surface area contributed by atoms with Gasteiger partial charge < -0.3 is 23.8 Å². The van der Waals surface area contributed by atoms with E-state index in [9.17, 15) is 0 Å². The van der Waals surface area contributed by atoms with Crippen molar-refractivity contribution in [3.63, 3.8) is 0 Å². The molecular formula is C17H41NO4Si2. The Bertz CT molecular complexity index is 296. The maximum absolute atomic E-state index is 5.52. The second-order valence-corrected chi connectivity index (χ2v) is 13.8. The molecule has 0 aromatic heterocycles. The van der Waals surface area contributed by atoms with E-state index in [1.807, 2.05) is 0 Å². The molecule has 0 aromatic carbocycles. The minimum absolute atomic E-state index is 0.330. The molecule has 5 nitrogen and oxygen atoms in total. The number of hydrogen-bond acceptors (Lipinski definition) is 5. The Morgan fingerprint density at radius 3 is 1.29 bits per heavy atom. The number of methoxy groups -OCH3 is 4. The van der Waals surface area contributed by atoms with Gasteiger partial charge in [0.15, 0.2) is 0 Å². The average Bonchev–Trinajstić information content (AvgIpc) is 2.57. The Morgan fingerprint density at radius 2 is 1.04 bits per heavy atom. The van der Waals surface area contributed by atoms with Gasteiger partial charge >= 0.3 is 0 Å². The monoisotopic (exact) mass is 379 g/mol. The maximum Gasteiger partial charge on any atom is 0.141 e. The first-order chi connectivity index (χ1) is 11.1. The Balaban J connectivity index is 4.08. The predicted octanol–water partition coefficient (Wildman–Crippen LogP) is 1.59. The van der Waals surface area contributed by atoms with Crippen LogP contribution < -0.4 is 0 Å². The van der Waals surface area contributed by atoms with Crippen molar-refractivity contribution >= 4 is 19.0 Å². The molecule has 2 unspecified atom stereocenters. The molecule has 0 rings (SSSR count). The van der Waals surface area contributed by atoms with Crippen LogP contribution in [0, 0.1) is 0 Å². The third-order valence-corrected chi connectivity index (χ3v) is 10.0. The summed E-state index contributed by atoms with van der Waals surface area (Å²) < 4.78 is 22.1. The first-order valence-corrected chi connectivity index (χ1v) is 12.1. The number of ether oxygens (including phenoxy) is 4. The van der Waals surface area contributed by atoms with Crippen LogP contribution in [0.2, 0.25) is 11.1 Å². The zero-order valence-electron chi connectivity index (χ0n) is 17.5. The zero-order chi connectivity index (χ0) is 18.8. The highest BCUT2D eigenvalue weighted by atomic mass is 28.2. The van der Waals surface area contributed by atoms with E-state index in [1.165, 1.54) is 12.8 Å². The molecule has 0 aliphatic heterocycles. The second-order valence-electron chi connectivity index (χ2n) is 7.58. The SMILES string of the molecule is COC(C)(OC)[SiH2]C(C)CCN(C)CCC(C)[SiH2]C(C)(OC)OC. The molecule has 0 aliphatic rings. The smallest absolute Gasteiger partial charge is 0.141 e. The highest BCUT2D eigenvalue weighted by Gasteiger charge is 2.27. The minimum atomic E-state index is -0.446. The van der Waals surface area contributed by atoms with Gasteiger partial charge in [-0.3, -0.25) is 0 Å². The van der Waals surface area contributed by atoms with E-state index >= 15 is 0 Å². The average molecular weight is 380 g/mol. The number of rotatable bonds is 14. The molecule has 0 bridgehead atoms. The van der Waals surface area contributed by atoms with Crippen LogP contribution in [0.1, 0.15) is 40.5 Å². The van der Waals surface area contributed by atoms with Crippen molar-refractivity contribution in [3.05, 3.63) is 0 Å². The van der Waals surface area contributed by atoms with E-state index in [4.69, 9.17) is 18.9 Å². The van der Waals surface area contributed by atoms with Crippen LogP contribution in [0.25, 0.3) is 0 Å². The van der Waals surface area contributed by atoms with Crippen LogP contribution in [0.3, 0.4) is 0 Å². The second kappa shape index (κ2) is 11.8. The molecule has 24 heavy (non-hydrogen) atoms. The lowest BCUT2D eigenvalue weighted by Gasteiger charge is -2.30. The number of nitrogens with zero attached hydrogens (tertiary/aromatic N) is 1. The van der Waals surface area contributed by atoms with E-state index in [0.717, 1.165) is 13.1 Å². The van der Waals surface area contributed by atoms with Gasteiger partial charge in [-0.05, 0) is 57.9 Å². The fraction of sp³-hybridized carbons (Fsp3) is 1.00. The molecule has 146 valence electrons. The Labute approximate surface area is 154 Å². The van der Waals surface area contributed by atoms with Crippen molar-refractivity contribution in [2.75, 3.05) is 48.6 Å². The summed E-state index contributed by atoms with van der Waals surface area (Å²) in [5.74, 6) is 0. The molecule has 0 radical (unpaired) electrons. The lowest BCUT2D eigenvalue weighted by molar-refractivity contribution is -0.131. The molecule has 0 N–H and O–H groups in total. The van der Waals surface area contributed by atoms with Crippen LogP contribution in [0.5, 0.6) is 0 Å². The zero-order valence-corrected chi connectivity index (χ0v) is 20.3. The summed E-state index contributed by atoms with van der Waals surface area (Å²) in [5, 5.41) is 0. The van der Waals surface area contributed by atoms with Crippen molar-refractivity contribution in [1.29, 1.82) is 0 Å². The van der Waals surface area contributed by atoms with Crippen molar-refractivity contribution < 1.29 is 18.9 Å². The van der Waals surface area contributed by atoms with Gasteiger partial charge in [0.25, 0.3) is 0 Å². The summed E-state index contributed by atoms with van der Waals surface area (Å²) in [6, 6.07) is 0. The summed E-state index contributed by atoms with van der Waals surface area (Å²) in [6.45, 7) is 11.1. The summed E-state index contributed by atoms with van der Waals surface area (Å²) >= 11 is 0. The lowest BCUT2D eigenvalue weighted by atomic mass is 10.2. The molecule has 0 saturated carbocycles. The topological polar surface area (TPSA) is 40.2 Å². The molecule has 0 saturated heterocycles. The lowest BCUT2D eigenvalue weighted by Crippen LogP contribution is -2.40. The van der Waals surface area contributed by atoms with Crippen molar-refractivity contribution in [2.45, 2.75) is 62.4 Å². The minimum Gasteiger partial charge on any atom is -0.358 e. The normalized spacial score (nSPS) is 16.8. The van der Waals surface area contributed by atoms with Crippen molar-refractivity contribution in [3.8, 4) is 0 Å². The van der Waals surface area contributed by atoms with Crippen LogP contribution >= 0.6 is 0 Å². The van der Waals surface area contributed by atoms with Crippen molar-refractivity contribution in [2.24, 2.45) is 0 Å². The van der Waals surface area contributed by atoms with E-state index in [-0.39, 0.29) is 10.8 Å². The standard InChI is InChI=1S/C17H41NO4Si2/c1-14(23-16(3,19-6)20-7)10-12-18(5)13-11-15(2)24-17(4,21-8)22-9/h14-15H,10-13,23-24H2,1-9H3. The molecule has 0 heterocycles. The first kappa shape index (κ1) is 24.2. The largest absolute Gasteiger partial charge is 0.358 e. The molecule has 7 heteroatoms. The fourth-order valence-electron chi connectivity index (χ4n) is 2.96. The Morgan fingerprint density at radius 1 is 0.750 bits per heavy atom. The van der Waals surface area contributed by atoms with Crippen LogP contribution in [-0.4, -0.2) is 83.3 Å². The summed E-state index contributed by atoms with van der Waals surface area (Å²) in [4.78, 5) is 2.45. The highest BCUT2D eigenvalue weighted by Crippen LogP contribution is 2.21. The van der Waals surface area contributed by atoms with Gasteiger partial charge in [-0.2, -0.15) is 0 Å². The molecule has 0 spiro atoms.